The van der Waals surface area contributed by atoms with Gasteiger partial charge in [0, 0.05) is 6.54 Å². The lowest BCUT2D eigenvalue weighted by Gasteiger charge is -2.08. The number of carbonyl (C=O) groups excluding carboxylic acids is 1. The van der Waals surface area contributed by atoms with Crippen LogP contribution in [0, 0.1) is 5.82 Å². The second-order valence-electron chi connectivity index (χ2n) is 6.25. The van der Waals surface area contributed by atoms with Crippen LogP contribution in [-0.2, 0) is 13.0 Å². The Hall–Kier alpha value is -3.74. The molecule has 3 aromatic carbocycles. The van der Waals surface area contributed by atoms with Gasteiger partial charge in [-0.1, -0.05) is 59.7 Å². The van der Waals surface area contributed by atoms with Gasteiger partial charge in [-0.05, 0) is 34.0 Å². The Bertz CT molecular complexity index is 1100. The zero-order chi connectivity index (χ0) is 19.3. The van der Waals surface area contributed by atoms with Crippen LogP contribution < -0.4 is 10.6 Å². The molecule has 0 fully saturated rings. The Balaban J connectivity index is 1.35. The van der Waals surface area contributed by atoms with Gasteiger partial charge in [0.25, 0.3) is 0 Å². The highest BCUT2D eigenvalue weighted by molar-refractivity contribution is 5.88. The summed E-state index contributed by atoms with van der Waals surface area (Å²) in [5, 5.41) is 15.2. The minimum absolute atomic E-state index is 0.00697. The first-order valence-electron chi connectivity index (χ1n) is 8.76. The summed E-state index contributed by atoms with van der Waals surface area (Å²) in [5.74, 6) is 0.0236. The fourth-order valence-corrected chi connectivity index (χ4v) is 2.92. The predicted molar refractivity (Wildman–Crippen MR) is 103 cm³/mol. The minimum atomic E-state index is -0.440. The van der Waals surface area contributed by atoms with E-state index < -0.39 is 6.03 Å². The summed E-state index contributed by atoms with van der Waals surface area (Å²) in [6.45, 7) is 0.365. The molecule has 4 aromatic rings. The summed E-state index contributed by atoms with van der Waals surface area (Å²) < 4.78 is 18.4. The molecule has 2 amide bonds. The quantitative estimate of drug-likeness (QED) is 0.545. The third-order valence-electron chi connectivity index (χ3n) is 4.28. The monoisotopic (exact) mass is 376 g/mol. The van der Waals surface area contributed by atoms with Crippen molar-refractivity contribution in [2.24, 2.45) is 0 Å². The lowest BCUT2D eigenvalue weighted by molar-refractivity contribution is 0.251. The van der Waals surface area contributed by atoms with E-state index in [1.54, 1.807) is 12.1 Å². The van der Waals surface area contributed by atoms with Gasteiger partial charge in [-0.3, -0.25) is 5.32 Å². The molecule has 0 unspecified atom stereocenters. The highest BCUT2D eigenvalue weighted by atomic mass is 19.1. The highest BCUT2D eigenvalue weighted by Crippen LogP contribution is 2.18. The molecule has 0 saturated carbocycles. The number of amides is 2. The molecule has 1 heterocycles. The number of rotatable bonds is 5. The molecular formula is C21H17FN4O2. The van der Waals surface area contributed by atoms with Crippen molar-refractivity contribution < 1.29 is 13.6 Å². The number of nitrogens with one attached hydrogen (secondary N) is 2. The molecule has 28 heavy (non-hydrogen) atoms. The van der Waals surface area contributed by atoms with Crippen LogP contribution in [0.5, 0.6) is 0 Å². The smallest absolute Gasteiger partial charge is 0.323 e. The van der Waals surface area contributed by atoms with Crippen molar-refractivity contribution in [1.29, 1.82) is 0 Å². The van der Waals surface area contributed by atoms with Crippen molar-refractivity contribution in [1.82, 2.24) is 15.5 Å². The number of halogens is 1. The molecule has 7 heteroatoms. The maximum absolute atomic E-state index is 12.9. The van der Waals surface area contributed by atoms with Crippen LogP contribution in [-0.4, -0.2) is 16.2 Å². The first kappa shape index (κ1) is 17.7. The molecule has 0 saturated heterocycles. The number of benzene rings is 3. The van der Waals surface area contributed by atoms with Crippen molar-refractivity contribution in [3.8, 4) is 0 Å². The zero-order valence-corrected chi connectivity index (χ0v) is 14.9. The van der Waals surface area contributed by atoms with E-state index in [0.717, 1.165) is 21.9 Å². The predicted octanol–water partition coefficient (Wildman–Crippen LogP) is 4.27. The van der Waals surface area contributed by atoms with E-state index in [2.05, 4.69) is 20.8 Å². The third kappa shape index (κ3) is 4.15. The van der Waals surface area contributed by atoms with Crippen molar-refractivity contribution in [2.75, 3.05) is 5.32 Å². The normalized spacial score (nSPS) is 10.8. The zero-order valence-electron chi connectivity index (χ0n) is 14.9. The van der Waals surface area contributed by atoms with E-state index in [-0.39, 0.29) is 11.8 Å². The Morgan fingerprint density at radius 2 is 1.75 bits per heavy atom. The van der Waals surface area contributed by atoms with Crippen LogP contribution in [0.3, 0.4) is 0 Å². The van der Waals surface area contributed by atoms with Gasteiger partial charge in [0.15, 0.2) is 0 Å². The number of nitrogens with zero attached hydrogens (tertiary/aromatic N) is 2. The van der Waals surface area contributed by atoms with Crippen LogP contribution >= 0.6 is 0 Å². The summed E-state index contributed by atoms with van der Waals surface area (Å²) in [5.41, 5.74) is 1.84. The number of urea groups is 1. The highest BCUT2D eigenvalue weighted by Gasteiger charge is 2.11. The van der Waals surface area contributed by atoms with Crippen molar-refractivity contribution in [2.45, 2.75) is 13.0 Å². The maximum atomic E-state index is 12.9. The van der Waals surface area contributed by atoms with Gasteiger partial charge in [-0.15, -0.1) is 5.10 Å². The Kier molecular flexibility index (Phi) is 4.97. The summed E-state index contributed by atoms with van der Waals surface area (Å²) in [4.78, 5) is 12.1. The van der Waals surface area contributed by atoms with Gasteiger partial charge >= 0.3 is 12.0 Å². The van der Waals surface area contributed by atoms with Gasteiger partial charge in [0.1, 0.15) is 5.82 Å². The van der Waals surface area contributed by atoms with E-state index in [4.69, 9.17) is 4.42 Å². The van der Waals surface area contributed by atoms with Crippen molar-refractivity contribution in [3.05, 3.63) is 89.6 Å². The van der Waals surface area contributed by atoms with Gasteiger partial charge in [-0.25, -0.2) is 9.18 Å². The van der Waals surface area contributed by atoms with Gasteiger partial charge in [0.2, 0.25) is 5.89 Å². The number of aromatic nitrogens is 2. The van der Waals surface area contributed by atoms with E-state index in [1.807, 2.05) is 42.5 Å². The number of anilines is 1. The third-order valence-corrected chi connectivity index (χ3v) is 4.28. The van der Waals surface area contributed by atoms with E-state index in [9.17, 15) is 9.18 Å². The largest absolute Gasteiger partial charge is 0.407 e. The second kappa shape index (κ2) is 7.87. The number of fused-ring (bicyclic) bond motifs is 1. The summed E-state index contributed by atoms with van der Waals surface area (Å²) >= 11 is 0. The number of carbonyl (C=O) groups is 1. The average Bonchev–Trinajstić information content (AvgIpc) is 3.15. The van der Waals surface area contributed by atoms with Crippen LogP contribution in [0.4, 0.5) is 15.2 Å². The summed E-state index contributed by atoms with van der Waals surface area (Å²) in [6, 6.07) is 19.5. The van der Waals surface area contributed by atoms with Crippen LogP contribution in [0.25, 0.3) is 10.8 Å². The Morgan fingerprint density at radius 1 is 0.964 bits per heavy atom. The topological polar surface area (TPSA) is 80.0 Å². The molecule has 0 radical (unpaired) electrons. The molecule has 4 rings (SSSR count). The fourth-order valence-electron chi connectivity index (χ4n) is 2.92. The Morgan fingerprint density at radius 3 is 2.61 bits per heavy atom. The molecular weight excluding hydrogens is 359 g/mol. The molecule has 0 aliphatic rings. The molecule has 0 spiro atoms. The molecule has 0 aliphatic carbocycles. The van der Waals surface area contributed by atoms with Crippen molar-refractivity contribution in [3.63, 3.8) is 0 Å². The Labute approximate surface area is 160 Å². The van der Waals surface area contributed by atoms with Gasteiger partial charge in [-0.2, -0.15) is 0 Å². The van der Waals surface area contributed by atoms with Crippen LogP contribution in [0.1, 0.15) is 17.0 Å². The first-order valence-corrected chi connectivity index (χ1v) is 8.76. The molecule has 2 N–H and O–H groups in total. The van der Waals surface area contributed by atoms with E-state index in [0.29, 0.717) is 18.9 Å². The molecule has 6 nitrogen and oxygen atoms in total. The molecule has 140 valence electrons. The first-order chi connectivity index (χ1) is 13.7. The maximum Gasteiger partial charge on any atom is 0.323 e. The summed E-state index contributed by atoms with van der Waals surface area (Å²) in [7, 11) is 0. The standard InChI is InChI=1S/C21H17FN4O2/c22-17-10-8-14(9-11-17)12-19-25-26-21(28-19)24-20(27)23-13-16-6-3-5-15-4-1-2-7-18(15)16/h1-11H,12-13H2,(H2,23,24,26,27). The molecule has 0 bridgehead atoms. The SMILES string of the molecule is O=C(NCc1cccc2ccccc12)Nc1nnc(Cc2ccc(F)cc2)o1. The second-order valence-corrected chi connectivity index (χ2v) is 6.25. The lowest BCUT2D eigenvalue weighted by atomic mass is 10.0. The molecule has 0 atom stereocenters. The molecule has 0 aliphatic heterocycles. The molecule has 1 aromatic heterocycles. The number of hydrogen-bond donors (Lipinski definition) is 2. The number of hydrogen-bond acceptors (Lipinski definition) is 4. The van der Waals surface area contributed by atoms with Crippen molar-refractivity contribution >= 4 is 22.8 Å². The summed E-state index contributed by atoms with van der Waals surface area (Å²) in [6.07, 6.45) is 0.354. The van der Waals surface area contributed by atoms with E-state index >= 15 is 0 Å². The van der Waals surface area contributed by atoms with E-state index in [1.165, 1.54) is 12.1 Å². The van der Waals surface area contributed by atoms with Gasteiger partial charge in [0.05, 0.1) is 6.42 Å². The fraction of sp³-hybridized carbons (Fsp3) is 0.0952. The van der Waals surface area contributed by atoms with Crippen LogP contribution in [0.15, 0.2) is 71.1 Å². The van der Waals surface area contributed by atoms with Crippen LogP contribution in [0.2, 0.25) is 0 Å². The minimum Gasteiger partial charge on any atom is -0.407 e. The van der Waals surface area contributed by atoms with Gasteiger partial charge < -0.3 is 9.73 Å². The average molecular weight is 376 g/mol. The lowest BCUT2D eigenvalue weighted by Crippen LogP contribution is -2.28.